The molecule has 1 amide bonds. The molecule has 3 rings (SSSR count). The van der Waals surface area contributed by atoms with Crippen LogP contribution in [-0.2, 0) is 0 Å². The molecular weight excluding hydrogens is 348 g/mol. The fourth-order valence-corrected chi connectivity index (χ4v) is 2.21. The molecular formula is C18H18N6O3. The molecule has 9 nitrogen and oxygen atoms in total. The fourth-order valence-electron chi connectivity index (χ4n) is 2.21. The Morgan fingerprint density at radius 1 is 0.963 bits per heavy atom. The van der Waals surface area contributed by atoms with E-state index in [4.69, 9.17) is 20.9 Å². The van der Waals surface area contributed by atoms with E-state index in [-0.39, 0.29) is 0 Å². The third kappa shape index (κ3) is 4.75. The summed E-state index contributed by atoms with van der Waals surface area (Å²) in [6.45, 7) is 0. The maximum absolute atomic E-state index is 10.7. The Labute approximate surface area is 155 Å². The van der Waals surface area contributed by atoms with Crippen LogP contribution in [0, 0.1) is 0 Å². The highest BCUT2D eigenvalue weighted by molar-refractivity contribution is 5.71. The van der Waals surface area contributed by atoms with Gasteiger partial charge < -0.3 is 31.6 Å². The Morgan fingerprint density at radius 3 is 2.15 bits per heavy atom. The van der Waals surface area contributed by atoms with Gasteiger partial charge in [0.05, 0.1) is 19.0 Å². The zero-order valence-electron chi connectivity index (χ0n) is 14.5. The van der Waals surface area contributed by atoms with E-state index in [1.54, 1.807) is 31.4 Å². The third-order valence-electron chi connectivity index (χ3n) is 3.50. The van der Waals surface area contributed by atoms with Crippen molar-refractivity contribution in [2.75, 3.05) is 23.5 Å². The van der Waals surface area contributed by atoms with Gasteiger partial charge in [-0.25, -0.2) is 9.78 Å². The minimum absolute atomic E-state index is 0.338. The van der Waals surface area contributed by atoms with Crippen molar-refractivity contribution in [1.29, 1.82) is 0 Å². The van der Waals surface area contributed by atoms with Crippen molar-refractivity contribution in [3.05, 3.63) is 54.7 Å². The predicted octanol–water partition coefficient (Wildman–Crippen LogP) is 3.01. The van der Waals surface area contributed by atoms with Gasteiger partial charge in [0.25, 0.3) is 0 Å². The molecule has 9 heteroatoms. The van der Waals surface area contributed by atoms with E-state index >= 15 is 0 Å². The number of nitrogens with zero attached hydrogens (tertiary/aromatic N) is 2. The average Bonchev–Trinajstić information content (AvgIpc) is 2.66. The summed E-state index contributed by atoms with van der Waals surface area (Å²) >= 11 is 0. The van der Waals surface area contributed by atoms with E-state index in [1.165, 1.54) is 6.20 Å². The first kappa shape index (κ1) is 17.8. The Hall–Kier alpha value is -4.01. The zero-order chi connectivity index (χ0) is 19.2. The summed E-state index contributed by atoms with van der Waals surface area (Å²) in [6, 6.07) is 14.0. The highest BCUT2D eigenvalue weighted by Crippen LogP contribution is 2.25. The van der Waals surface area contributed by atoms with Crippen molar-refractivity contribution >= 4 is 34.9 Å². The molecule has 27 heavy (non-hydrogen) atoms. The lowest BCUT2D eigenvalue weighted by Gasteiger charge is -2.11. The highest BCUT2D eigenvalue weighted by Gasteiger charge is 2.07. The summed E-state index contributed by atoms with van der Waals surface area (Å²) in [5.74, 6) is 1.91. The van der Waals surface area contributed by atoms with Crippen LogP contribution in [-0.4, -0.2) is 23.2 Å². The fraction of sp³-hybridized carbons (Fsp3) is 0.0556. The summed E-state index contributed by atoms with van der Waals surface area (Å²) in [6.07, 6.45) is 0.635. The predicted molar refractivity (Wildman–Crippen MR) is 103 cm³/mol. The normalized spacial score (nSPS) is 10.1. The number of hydrogen-bond donors (Lipinski definition) is 4. The lowest BCUT2D eigenvalue weighted by atomic mass is 10.3. The molecule has 0 saturated heterocycles. The molecule has 0 aliphatic rings. The number of amides is 1. The number of nitrogen functional groups attached to an aromatic ring is 1. The first-order valence-corrected chi connectivity index (χ1v) is 7.91. The van der Waals surface area contributed by atoms with E-state index in [2.05, 4.69) is 20.6 Å². The molecule has 138 valence electrons. The van der Waals surface area contributed by atoms with Crippen molar-refractivity contribution in [3.63, 3.8) is 0 Å². The molecule has 0 fully saturated rings. The quantitative estimate of drug-likeness (QED) is 0.522. The number of benzene rings is 2. The van der Waals surface area contributed by atoms with Gasteiger partial charge >= 0.3 is 6.09 Å². The van der Waals surface area contributed by atoms with E-state index in [0.717, 1.165) is 11.4 Å². The lowest BCUT2D eigenvalue weighted by Crippen LogP contribution is -2.16. The maximum Gasteiger partial charge on any atom is 0.409 e. The smallest absolute Gasteiger partial charge is 0.409 e. The van der Waals surface area contributed by atoms with E-state index in [1.807, 2.05) is 24.3 Å². The largest absolute Gasteiger partial charge is 0.497 e. The minimum atomic E-state index is -0.870. The second-order valence-corrected chi connectivity index (χ2v) is 5.42. The molecule has 0 saturated carbocycles. The molecule has 0 aliphatic heterocycles. The number of carbonyl (C=O) groups excluding carboxylic acids is 1. The number of anilines is 5. The van der Waals surface area contributed by atoms with Gasteiger partial charge in [0, 0.05) is 11.4 Å². The first-order valence-electron chi connectivity index (χ1n) is 7.91. The number of ether oxygens (including phenoxy) is 2. The molecule has 0 radical (unpaired) electrons. The summed E-state index contributed by atoms with van der Waals surface area (Å²) < 4.78 is 9.92. The Morgan fingerprint density at radius 2 is 1.56 bits per heavy atom. The molecule has 6 N–H and O–H groups in total. The monoisotopic (exact) mass is 366 g/mol. The maximum atomic E-state index is 10.7. The number of carbonyl (C=O) groups is 1. The number of primary amides is 1. The van der Waals surface area contributed by atoms with Crippen LogP contribution in [0.3, 0.4) is 0 Å². The Balaban J connectivity index is 1.73. The molecule has 0 spiro atoms. The third-order valence-corrected chi connectivity index (χ3v) is 3.50. The number of nitrogens with two attached hydrogens (primary N) is 2. The van der Waals surface area contributed by atoms with E-state index in [9.17, 15) is 4.79 Å². The van der Waals surface area contributed by atoms with Crippen LogP contribution in [0.15, 0.2) is 54.7 Å². The molecule has 1 aromatic heterocycles. The number of hydrogen-bond acceptors (Lipinski definition) is 8. The number of aromatic nitrogens is 2. The zero-order valence-corrected chi connectivity index (χ0v) is 14.5. The summed E-state index contributed by atoms with van der Waals surface area (Å²) in [5, 5.41) is 6.18. The summed E-state index contributed by atoms with van der Waals surface area (Å²) in [7, 11) is 1.61. The van der Waals surface area contributed by atoms with Gasteiger partial charge in [0.1, 0.15) is 11.5 Å². The van der Waals surface area contributed by atoms with Gasteiger partial charge in [-0.05, 0) is 48.5 Å². The average molecular weight is 366 g/mol. The van der Waals surface area contributed by atoms with Gasteiger partial charge in [0.15, 0.2) is 5.82 Å². The molecule has 1 heterocycles. The van der Waals surface area contributed by atoms with Gasteiger partial charge in [0.2, 0.25) is 5.95 Å². The number of rotatable bonds is 6. The highest BCUT2D eigenvalue weighted by atomic mass is 16.5. The van der Waals surface area contributed by atoms with Crippen LogP contribution in [0.4, 0.5) is 33.6 Å². The summed E-state index contributed by atoms with van der Waals surface area (Å²) in [4.78, 5) is 19.3. The van der Waals surface area contributed by atoms with Crippen molar-refractivity contribution in [2.45, 2.75) is 0 Å². The minimum Gasteiger partial charge on any atom is -0.497 e. The van der Waals surface area contributed by atoms with Crippen LogP contribution in [0.5, 0.6) is 11.5 Å². The number of methoxy groups -OCH3 is 1. The van der Waals surface area contributed by atoms with Gasteiger partial charge in [-0.15, -0.1) is 0 Å². The second kappa shape index (κ2) is 7.91. The van der Waals surface area contributed by atoms with Gasteiger partial charge in [-0.2, -0.15) is 4.98 Å². The molecule has 0 aliphatic carbocycles. The van der Waals surface area contributed by atoms with Gasteiger partial charge in [-0.1, -0.05) is 0 Å². The van der Waals surface area contributed by atoms with E-state index in [0.29, 0.717) is 28.9 Å². The molecule has 0 bridgehead atoms. The lowest BCUT2D eigenvalue weighted by molar-refractivity contribution is 0.211. The van der Waals surface area contributed by atoms with Crippen LogP contribution < -0.4 is 31.6 Å². The van der Waals surface area contributed by atoms with Gasteiger partial charge in [-0.3, -0.25) is 0 Å². The Kier molecular flexibility index (Phi) is 5.22. The van der Waals surface area contributed by atoms with Crippen LogP contribution >= 0.6 is 0 Å². The van der Waals surface area contributed by atoms with Crippen molar-refractivity contribution in [2.24, 2.45) is 5.73 Å². The Bertz CT molecular complexity index is 929. The van der Waals surface area contributed by atoms with Crippen molar-refractivity contribution in [1.82, 2.24) is 9.97 Å². The SMILES string of the molecule is COc1ccc(Nc2ncc(N)c(Nc3ccc(OC(N)=O)cc3)n2)cc1. The molecule has 0 unspecified atom stereocenters. The summed E-state index contributed by atoms with van der Waals surface area (Å²) in [5.41, 5.74) is 12.8. The standard InChI is InChI=1S/C18H18N6O3/c1-26-13-6-2-12(3-7-13)23-18-21-10-15(19)16(24-18)22-11-4-8-14(9-5-11)27-17(20)25/h2-10H,19H2,1H3,(H2,20,25)(H2,21,22,23,24). The van der Waals surface area contributed by atoms with Crippen molar-refractivity contribution < 1.29 is 14.3 Å². The molecule has 2 aromatic carbocycles. The van der Waals surface area contributed by atoms with Crippen LogP contribution in [0.1, 0.15) is 0 Å². The number of nitrogens with one attached hydrogen (secondary N) is 2. The van der Waals surface area contributed by atoms with Crippen LogP contribution in [0.25, 0.3) is 0 Å². The molecule has 3 aromatic rings. The molecule has 0 atom stereocenters. The van der Waals surface area contributed by atoms with E-state index < -0.39 is 6.09 Å². The topological polar surface area (TPSA) is 137 Å². The van der Waals surface area contributed by atoms with Crippen molar-refractivity contribution in [3.8, 4) is 11.5 Å². The second-order valence-electron chi connectivity index (χ2n) is 5.42. The van der Waals surface area contributed by atoms with Crippen LogP contribution in [0.2, 0.25) is 0 Å². The first-order chi connectivity index (χ1) is 13.0.